The Morgan fingerprint density at radius 3 is 2.14 bits per heavy atom. The van der Waals surface area contributed by atoms with E-state index in [1.54, 1.807) is 6.92 Å². The molecule has 0 spiro atoms. The molecule has 1 saturated heterocycles. The summed E-state index contributed by atoms with van der Waals surface area (Å²) >= 11 is 0. The SMILES string of the molecule is CCC1CCCCO1.CCCOCc1ccccc1.CCOC(C)OC(C)=O.COCOC(C)=O. The summed E-state index contributed by atoms with van der Waals surface area (Å²) in [6.45, 7) is 13.7. The molecular formula is C27H48O8. The molecule has 8 nitrogen and oxygen atoms in total. The molecule has 2 atom stereocenters. The molecule has 0 N–H and O–H groups in total. The van der Waals surface area contributed by atoms with Crippen LogP contribution in [0.15, 0.2) is 30.3 Å². The van der Waals surface area contributed by atoms with Crippen LogP contribution in [0, 0.1) is 0 Å². The van der Waals surface area contributed by atoms with E-state index in [2.05, 4.69) is 40.2 Å². The van der Waals surface area contributed by atoms with E-state index in [9.17, 15) is 9.59 Å². The summed E-state index contributed by atoms with van der Waals surface area (Å²) in [5.41, 5.74) is 1.25. The van der Waals surface area contributed by atoms with Crippen molar-refractivity contribution in [3.63, 3.8) is 0 Å². The largest absolute Gasteiger partial charge is 0.439 e. The van der Waals surface area contributed by atoms with Gasteiger partial charge in [-0.2, -0.15) is 0 Å². The van der Waals surface area contributed by atoms with Crippen LogP contribution in [-0.2, 0) is 44.6 Å². The number of carbonyl (C=O) groups is 2. The van der Waals surface area contributed by atoms with E-state index in [0.29, 0.717) is 12.7 Å². The van der Waals surface area contributed by atoms with Crippen molar-refractivity contribution in [2.24, 2.45) is 0 Å². The molecule has 0 saturated carbocycles. The molecule has 2 rings (SSSR count). The van der Waals surface area contributed by atoms with Crippen LogP contribution in [-0.4, -0.2) is 58.1 Å². The van der Waals surface area contributed by atoms with Crippen molar-refractivity contribution in [1.82, 2.24) is 0 Å². The number of hydrogen-bond donors (Lipinski definition) is 0. The first-order chi connectivity index (χ1) is 16.8. The minimum atomic E-state index is -0.410. The third-order valence-corrected chi connectivity index (χ3v) is 4.30. The van der Waals surface area contributed by atoms with E-state index in [0.717, 1.165) is 26.2 Å². The van der Waals surface area contributed by atoms with Crippen molar-refractivity contribution in [1.29, 1.82) is 0 Å². The average Bonchev–Trinajstić information content (AvgIpc) is 2.85. The lowest BCUT2D eigenvalue weighted by molar-refractivity contribution is -0.171. The van der Waals surface area contributed by atoms with Crippen molar-refractivity contribution < 1.29 is 38.0 Å². The highest BCUT2D eigenvalue weighted by Gasteiger charge is 2.09. The van der Waals surface area contributed by atoms with Crippen LogP contribution in [0.25, 0.3) is 0 Å². The Kier molecular flexibility index (Phi) is 26.7. The Labute approximate surface area is 212 Å². The first kappa shape index (κ1) is 35.2. The normalized spacial score (nSPS) is 15.0. The molecule has 204 valence electrons. The van der Waals surface area contributed by atoms with Gasteiger partial charge in [0.2, 0.25) is 0 Å². The van der Waals surface area contributed by atoms with Crippen molar-refractivity contribution in [3.8, 4) is 0 Å². The van der Waals surface area contributed by atoms with Crippen molar-refractivity contribution in [2.45, 2.75) is 92.6 Å². The molecule has 35 heavy (non-hydrogen) atoms. The topological polar surface area (TPSA) is 89.5 Å². The van der Waals surface area contributed by atoms with Crippen LogP contribution in [0.2, 0.25) is 0 Å². The molecule has 1 fully saturated rings. The number of ether oxygens (including phenoxy) is 6. The molecule has 1 heterocycles. The highest BCUT2D eigenvalue weighted by Crippen LogP contribution is 2.14. The fourth-order valence-electron chi connectivity index (χ4n) is 2.68. The van der Waals surface area contributed by atoms with Crippen LogP contribution >= 0.6 is 0 Å². The summed E-state index contributed by atoms with van der Waals surface area (Å²) in [6, 6.07) is 10.2. The van der Waals surface area contributed by atoms with E-state index in [-0.39, 0.29) is 18.7 Å². The van der Waals surface area contributed by atoms with E-state index in [1.165, 1.54) is 52.2 Å². The molecule has 1 aliphatic rings. The van der Waals surface area contributed by atoms with Gasteiger partial charge in [0.1, 0.15) is 0 Å². The highest BCUT2D eigenvalue weighted by molar-refractivity contribution is 5.66. The molecule has 2 unspecified atom stereocenters. The second kappa shape index (κ2) is 26.6. The first-order valence-electron chi connectivity index (χ1n) is 12.4. The number of hydrogen-bond acceptors (Lipinski definition) is 8. The minimum Gasteiger partial charge on any atom is -0.439 e. The van der Waals surface area contributed by atoms with Gasteiger partial charge in [-0.3, -0.25) is 9.59 Å². The van der Waals surface area contributed by atoms with Crippen LogP contribution in [0.5, 0.6) is 0 Å². The smallest absolute Gasteiger partial charge is 0.304 e. The lowest BCUT2D eigenvalue weighted by Crippen LogP contribution is -2.17. The zero-order valence-corrected chi connectivity index (χ0v) is 22.9. The molecule has 1 aromatic rings. The van der Waals surface area contributed by atoms with Crippen LogP contribution in [0.1, 0.15) is 79.2 Å². The van der Waals surface area contributed by atoms with Gasteiger partial charge >= 0.3 is 11.9 Å². The van der Waals surface area contributed by atoms with E-state index >= 15 is 0 Å². The lowest BCUT2D eigenvalue weighted by Gasteiger charge is -2.20. The zero-order valence-electron chi connectivity index (χ0n) is 22.9. The second-order valence-electron chi connectivity index (χ2n) is 7.61. The molecule has 0 amide bonds. The average molecular weight is 501 g/mol. The summed E-state index contributed by atoms with van der Waals surface area (Å²) in [4.78, 5) is 20.1. The van der Waals surface area contributed by atoms with Gasteiger partial charge in [-0.1, -0.05) is 44.2 Å². The maximum Gasteiger partial charge on any atom is 0.304 e. The van der Waals surface area contributed by atoms with Gasteiger partial charge in [0, 0.05) is 40.8 Å². The maximum atomic E-state index is 10.2. The summed E-state index contributed by atoms with van der Waals surface area (Å²) in [5.74, 6) is -0.627. The lowest BCUT2D eigenvalue weighted by atomic mass is 10.1. The Hall–Kier alpha value is -2.00. The van der Waals surface area contributed by atoms with Gasteiger partial charge in [-0.05, 0) is 51.5 Å². The summed E-state index contributed by atoms with van der Waals surface area (Å²) in [6.07, 6.45) is 6.40. The number of benzene rings is 1. The molecule has 1 aliphatic heterocycles. The van der Waals surface area contributed by atoms with E-state index in [1.807, 2.05) is 25.1 Å². The number of carbonyl (C=O) groups excluding carboxylic acids is 2. The molecule has 0 aliphatic carbocycles. The summed E-state index contributed by atoms with van der Waals surface area (Å²) < 4.78 is 29.1. The highest BCUT2D eigenvalue weighted by atomic mass is 16.7. The summed E-state index contributed by atoms with van der Waals surface area (Å²) in [5, 5.41) is 0. The standard InChI is InChI=1S/C10H14O.C7H14O.C6H12O3.C4H8O3/c1-2-8-11-9-10-6-4-3-5-7-10;1-2-7-5-3-4-6-8-7;1-4-8-6(3)9-5(2)7;1-4(5)7-3-6-2/h3-7H,2,8-9H2,1H3;7H,2-6H2,1H3;6H,4H2,1-3H3;3H2,1-2H3. The fraction of sp³-hybridized carbons (Fsp3) is 0.704. The molecule has 0 aromatic heterocycles. The van der Waals surface area contributed by atoms with E-state index < -0.39 is 6.29 Å². The first-order valence-corrected chi connectivity index (χ1v) is 12.4. The van der Waals surface area contributed by atoms with Gasteiger partial charge in [-0.15, -0.1) is 0 Å². The maximum absolute atomic E-state index is 10.2. The van der Waals surface area contributed by atoms with Crippen LogP contribution in [0.3, 0.4) is 0 Å². The third kappa shape index (κ3) is 28.1. The monoisotopic (exact) mass is 500 g/mol. The van der Waals surface area contributed by atoms with Gasteiger partial charge in [0.25, 0.3) is 0 Å². The van der Waals surface area contributed by atoms with E-state index in [4.69, 9.17) is 14.2 Å². The third-order valence-electron chi connectivity index (χ3n) is 4.30. The van der Waals surface area contributed by atoms with Crippen molar-refractivity contribution in [3.05, 3.63) is 35.9 Å². The summed E-state index contributed by atoms with van der Waals surface area (Å²) in [7, 11) is 1.46. The number of rotatable bonds is 10. The molecule has 0 radical (unpaired) electrons. The van der Waals surface area contributed by atoms with Crippen molar-refractivity contribution in [2.75, 3.05) is 33.7 Å². The fourth-order valence-corrected chi connectivity index (χ4v) is 2.68. The Morgan fingerprint density at radius 1 is 1.06 bits per heavy atom. The Bertz CT molecular complexity index is 588. The minimum absolute atomic E-state index is 0.0509. The molecular weight excluding hydrogens is 452 g/mol. The van der Waals surface area contributed by atoms with Crippen molar-refractivity contribution >= 4 is 11.9 Å². The predicted molar refractivity (Wildman–Crippen MR) is 137 cm³/mol. The van der Waals surface area contributed by atoms with Gasteiger partial charge in [0.15, 0.2) is 13.1 Å². The molecule has 8 heteroatoms. The zero-order chi connectivity index (χ0) is 26.7. The number of esters is 2. The Morgan fingerprint density at radius 2 is 1.74 bits per heavy atom. The van der Waals surface area contributed by atoms with Gasteiger partial charge in [0.05, 0.1) is 12.7 Å². The number of methoxy groups -OCH3 is 1. The van der Waals surface area contributed by atoms with Crippen LogP contribution < -0.4 is 0 Å². The predicted octanol–water partition coefficient (Wildman–Crippen LogP) is 5.66. The molecule has 0 bridgehead atoms. The van der Waals surface area contributed by atoms with Gasteiger partial charge < -0.3 is 28.4 Å². The second-order valence-corrected chi connectivity index (χ2v) is 7.61. The van der Waals surface area contributed by atoms with Gasteiger partial charge in [-0.25, -0.2) is 0 Å². The Balaban J connectivity index is 0. The molecule has 1 aromatic carbocycles. The quantitative estimate of drug-likeness (QED) is 0.231. The van der Waals surface area contributed by atoms with Crippen LogP contribution in [0.4, 0.5) is 0 Å².